The summed E-state index contributed by atoms with van der Waals surface area (Å²) in [5.74, 6) is -0.358. The van der Waals surface area contributed by atoms with Crippen molar-refractivity contribution in [3.8, 4) is 11.1 Å². The number of hydrogen-bond acceptors (Lipinski definition) is 7. The highest BCUT2D eigenvalue weighted by Crippen LogP contribution is 2.32. The van der Waals surface area contributed by atoms with Crippen LogP contribution in [0.4, 0.5) is 16.2 Å². The number of halogens is 2. The van der Waals surface area contributed by atoms with Crippen LogP contribution in [0.2, 0.25) is 5.15 Å². The van der Waals surface area contributed by atoms with E-state index in [1.807, 2.05) is 6.92 Å². The summed E-state index contributed by atoms with van der Waals surface area (Å²) in [4.78, 5) is 16.6. The van der Waals surface area contributed by atoms with Crippen molar-refractivity contribution in [2.45, 2.75) is 31.4 Å². The molecule has 0 fully saturated rings. The van der Waals surface area contributed by atoms with E-state index in [-0.39, 0.29) is 10.0 Å². The first-order valence-electron chi connectivity index (χ1n) is 10.3. The third kappa shape index (κ3) is 5.05. The fourth-order valence-corrected chi connectivity index (χ4v) is 5.34. The van der Waals surface area contributed by atoms with Crippen LogP contribution >= 0.6 is 11.6 Å². The minimum Gasteiger partial charge on any atom is -0.309 e. The predicted molar refractivity (Wildman–Crippen MR) is 129 cm³/mol. The van der Waals surface area contributed by atoms with Gasteiger partial charge in [-0.3, -0.25) is 0 Å². The van der Waals surface area contributed by atoms with Gasteiger partial charge in [-0.2, -0.15) is 0 Å². The van der Waals surface area contributed by atoms with Crippen LogP contribution in [0.1, 0.15) is 22.4 Å². The monoisotopic (exact) mass is 497 g/mol. The summed E-state index contributed by atoms with van der Waals surface area (Å²) < 4.78 is 40.4. The quantitative estimate of drug-likeness (QED) is 0.357. The van der Waals surface area contributed by atoms with Crippen LogP contribution in [-0.2, 0) is 15.6 Å². The van der Waals surface area contributed by atoms with Crippen LogP contribution in [0.5, 0.6) is 0 Å². The minimum atomic E-state index is -4.00. The first kappa shape index (κ1) is 23.7. The van der Waals surface area contributed by atoms with E-state index >= 15 is 0 Å². The number of hydrogen-bond donors (Lipinski definition) is 1. The highest BCUT2D eigenvalue weighted by atomic mass is 35.5. The smallest absolute Gasteiger partial charge is 0.228 e. The second kappa shape index (κ2) is 9.44. The number of nitrogens with zero attached hydrogens (tertiary/aromatic N) is 4. The van der Waals surface area contributed by atoms with Gasteiger partial charge in [-0.1, -0.05) is 17.7 Å². The highest BCUT2D eigenvalue weighted by Gasteiger charge is 2.24. The molecule has 0 aliphatic heterocycles. The molecule has 0 atom stereocenters. The van der Waals surface area contributed by atoms with Gasteiger partial charge in [-0.05, 0) is 67.8 Å². The first-order chi connectivity index (χ1) is 16.1. The average molecular weight is 498 g/mol. The van der Waals surface area contributed by atoms with Crippen molar-refractivity contribution in [2.75, 3.05) is 5.32 Å². The maximum absolute atomic E-state index is 14.4. The van der Waals surface area contributed by atoms with E-state index in [0.717, 1.165) is 11.3 Å². The maximum atomic E-state index is 14.4. The Labute approximate surface area is 202 Å². The molecule has 0 spiro atoms. The van der Waals surface area contributed by atoms with E-state index in [2.05, 4.69) is 25.3 Å². The Kier molecular flexibility index (Phi) is 6.58. The van der Waals surface area contributed by atoms with Crippen LogP contribution in [-0.4, -0.2) is 28.4 Å². The third-order valence-electron chi connectivity index (χ3n) is 5.28. The maximum Gasteiger partial charge on any atom is 0.228 e. The Bertz CT molecular complexity index is 1490. The molecule has 10 heteroatoms. The standard InChI is InChI=1S/C24H21ClFN5O2S/c1-14-4-5-21(20(26)10-14)34(32,33)13-19-16(3)18(12-29-23(19)25)17-7-9-27-22(11-17)31-24-28-8-6-15(2)30-24/h4-12H,13H2,1-3H3,(H,27,28,30,31). The topological polar surface area (TPSA) is 97.7 Å². The molecule has 174 valence electrons. The lowest BCUT2D eigenvalue weighted by Gasteiger charge is -2.14. The van der Waals surface area contributed by atoms with Gasteiger partial charge < -0.3 is 5.32 Å². The molecule has 4 rings (SSSR count). The largest absolute Gasteiger partial charge is 0.309 e. The Balaban J connectivity index is 1.69. The van der Waals surface area contributed by atoms with Crippen LogP contribution in [0.3, 0.4) is 0 Å². The van der Waals surface area contributed by atoms with Crippen molar-refractivity contribution in [3.63, 3.8) is 0 Å². The molecular weight excluding hydrogens is 477 g/mol. The van der Waals surface area contributed by atoms with E-state index in [1.165, 1.54) is 12.1 Å². The third-order valence-corrected chi connectivity index (χ3v) is 7.27. The summed E-state index contributed by atoms with van der Waals surface area (Å²) in [6.45, 7) is 5.31. The molecule has 0 saturated carbocycles. The van der Waals surface area contributed by atoms with Gasteiger partial charge in [0.2, 0.25) is 5.95 Å². The van der Waals surface area contributed by atoms with E-state index in [1.54, 1.807) is 56.7 Å². The zero-order chi connectivity index (χ0) is 24.5. The summed E-state index contributed by atoms with van der Waals surface area (Å²) in [5, 5.41) is 3.11. The Morgan fingerprint density at radius 1 is 1.00 bits per heavy atom. The first-order valence-corrected chi connectivity index (χ1v) is 12.3. The lowest BCUT2D eigenvalue weighted by atomic mass is 10.0. The molecule has 0 saturated heterocycles. The van der Waals surface area contributed by atoms with Crippen molar-refractivity contribution in [2.24, 2.45) is 0 Å². The van der Waals surface area contributed by atoms with E-state index < -0.39 is 21.4 Å². The van der Waals surface area contributed by atoms with Gasteiger partial charge in [0, 0.05) is 35.4 Å². The molecule has 0 bridgehead atoms. The molecule has 1 aromatic carbocycles. The van der Waals surface area contributed by atoms with Gasteiger partial charge in [0.15, 0.2) is 9.84 Å². The summed E-state index contributed by atoms with van der Waals surface area (Å²) >= 11 is 6.29. The Hall–Kier alpha value is -3.43. The molecule has 3 aromatic heterocycles. The van der Waals surface area contributed by atoms with E-state index in [0.29, 0.717) is 34.0 Å². The molecule has 0 aliphatic carbocycles. The molecule has 4 aromatic rings. The Morgan fingerprint density at radius 2 is 1.76 bits per heavy atom. The summed E-state index contributed by atoms with van der Waals surface area (Å²) in [7, 11) is -4.00. The predicted octanol–water partition coefficient (Wildman–Crippen LogP) is 5.37. The van der Waals surface area contributed by atoms with Gasteiger partial charge in [-0.15, -0.1) is 0 Å². The summed E-state index contributed by atoms with van der Waals surface area (Å²) in [5.41, 5.74) is 3.80. The molecule has 0 unspecified atom stereocenters. The van der Waals surface area contributed by atoms with Crippen molar-refractivity contribution in [1.29, 1.82) is 0 Å². The number of rotatable bonds is 6. The van der Waals surface area contributed by atoms with Crippen LogP contribution < -0.4 is 5.32 Å². The number of aryl methyl sites for hydroxylation is 2. The zero-order valence-corrected chi connectivity index (χ0v) is 20.2. The average Bonchev–Trinajstić information content (AvgIpc) is 2.76. The van der Waals surface area contributed by atoms with Crippen LogP contribution in [0.15, 0.2) is 59.9 Å². The number of anilines is 2. The van der Waals surface area contributed by atoms with Crippen molar-refractivity contribution in [1.82, 2.24) is 19.9 Å². The summed E-state index contributed by atoms with van der Waals surface area (Å²) in [6.07, 6.45) is 4.83. The fraction of sp³-hybridized carbons (Fsp3) is 0.167. The fourth-order valence-electron chi connectivity index (χ4n) is 3.49. The summed E-state index contributed by atoms with van der Waals surface area (Å²) in [6, 6.07) is 9.37. The van der Waals surface area contributed by atoms with Crippen LogP contribution in [0.25, 0.3) is 11.1 Å². The second-order valence-electron chi connectivity index (χ2n) is 7.84. The SMILES string of the molecule is Cc1ccc(S(=O)(=O)Cc2c(Cl)ncc(-c3ccnc(Nc4nccc(C)n4)c3)c2C)c(F)c1. The number of benzene rings is 1. The zero-order valence-electron chi connectivity index (χ0n) is 18.7. The normalized spacial score (nSPS) is 11.4. The van der Waals surface area contributed by atoms with Gasteiger partial charge >= 0.3 is 0 Å². The lowest BCUT2D eigenvalue weighted by molar-refractivity contribution is 0.565. The molecular formula is C24H21ClFN5O2S. The van der Waals surface area contributed by atoms with Gasteiger partial charge in [0.25, 0.3) is 0 Å². The van der Waals surface area contributed by atoms with Crippen molar-refractivity contribution < 1.29 is 12.8 Å². The van der Waals surface area contributed by atoms with Crippen molar-refractivity contribution in [3.05, 3.63) is 88.3 Å². The molecule has 1 N–H and O–H groups in total. The second-order valence-corrected chi connectivity index (χ2v) is 10.2. The number of pyridine rings is 2. The molecule has 0 aliphatic rings. The molecule has 7 nitrogen and oxygen atoms in total. The lowest BCUT2D eigenvalue weighted by Crippen LogP contribution is -2.10. The number of nitrogens with one attached hydrogen (secondary N) is 1. The highest BCUT2D eigenvalue weighted by molar-refractivity contribution is 7.90. The molecule has 0 amide bonds. The minimum absolute atomic E-state index is 0.0536. The Morgan fingerprint density at radius 3 is 2.50 bits per heavy atom. The van der Waals surface area contributed by atoms with Gasteiger partial charge in [0.05, 0.1) is 5.75 Å². The van der Waals surface area contributed by atoms with Crippen molar-refractivity contribution >= 4 is 33.2 Å². The molecule has 3 heterocycles. The van der Waals surface area contributed by atoms with Gasteiger partial charge in [0.1, 0.15) is 21.7 Å². The number of sulfone groups is 1. The molecule has 34 heavy (non-hydrogen) atoms. The van der Waals surface area contributed by atoms with E-state index in [4.69, 9.17) is 11.6 Å². The number of aromatic nitrogens is 4. The van der Waals surface area contributed by atoms with E-state index in [9.17, 15) is 12.8 Å². The van der Waals surface area contributed by atoms with Gasteiger partial charge in [-0.25, -0.2) is 32.7 Å². The molecule has 0 radical (unpaired) electrons. The van der Waals surface area contributed by atoms with Crippen LogP contribution in [0, 0.1) is 26.6 Å².